The van der Waals surface area contributed by atoms with Crippen molar-refractivity contribution in [2.45, 2.75) is 24.1 Å². The van der Waals surface area contributed by atoms with Crippen LogP contribution in [0.15, 0.2) is 91.0 Å². The van der Waals surface area contributed by atoms with E-state index in [1.54, 1.807) is 0 Å². The van der Waals surface area contributed by atoms with E-state index < -0.39 is 13.4 Å². The average molecular weight is 419 g/mol. The third kappa shape index (κ3) is 4.39. The van der Waals surface area contributed by atoms with E-state index in [2.05, 4.69) is 72.8 Å². The van der Waals surface area contributed by atoms with Crippen molar-refractivity contribution in [3.8, 4) is 0 Å². The first-order chi connectivity index (χ1) is 13.2. The molecule has 3 aromatic rings. The molecule has 4 heteroatoms. The molecule has 0 radical (unpaired) electrons. The molecule has 2 unspecified atom stereocenters. The van der Waals surface area contributed by atoms with Crippen molar-refractivity contribution < 1.29 is 5.11 Å². The zero-order chi connectivity index (χ0) is 19.1. The predicted molar refractivity (Wildman–Crippen MR) is 122 cm³/mol. The van der Waals surface area contributed by atoms with Gasteiger partial charge in [0.05, 0.1) is 0 Å². The molecule has 1 nitrogen and oxygen atoms in total. The molecular weight excluding hydrogens is 394 g/mol. The second kappa shape index (κ2) is 9.71. The van der Waals surface area contributed by atoms with Gasteiger partial charge in [-0.15, -0.1) is 0 Å². The van der Waals surface area contributed by atoms with Crippen LogP contribution < -0.4 is 15.9 Å². The number of benzene rings is 3. The Morgan fingerprint density at radius 2 is 1.07 bits per heavy atom. The van der Waals surface area contributed by atoms with Crippen LogP contribution in [0.5, 0.6) is 0 Å². The fourth-order valence-corrected chi connectivity index (χ4v) is 10.3. The van der Waals surface area contributed by atoms with E-state index >= 15 is 0 Å². The van der Waals surface area contributed by atoms with E-state index in [1.165, 1.54) is 15.9 Å². The first-order valence-corrected chi connectivity index (χ1v) is 12.3. The van der Waals surface area contributed by atoms with E-state index in [-0.39, 0.29) is 5.12 Å². The Hall–Kier alpha value is -1.37. The molecule has 0 bridgehead atoms. The van der Waals surface area contributed by atoms with E-state index in [0.29, 0.717) is 18.7 Å². The van der Waals surface area contributed by atoms with Gasteiger partial charge in [-0.1, -0.05) is 0 Å². The summed E-state index contributed by atoms with van der Waals surface area (Å²) < 4.78 is 0. The van der Waals surface area contributed by atoms with Crippen LogP contribution >= 0.6 is 30.5 Å². The molecule has 0 aliphatic carbocycles. The summed E-state index contributed by atoms with van der Waals surface area (Å²) >= 11 is 13.0. The number of aliphatic hydroxyl groups is 1. The molecule has 3 rings (SSSR count). The molecule has 2 atom stereocenters. The summed E-state index contributed by atoms with van der Waals surface area (Å²) in [5, 5.41) is 14.0. The van der Waals surface area contributed by atoms with Crippen molar-refractivity contribution in [2.75, 3.05) is 5.88 Å². The Morgan fingerprint density at radius 1 is 0.704 bits per heavy atom. The molecule has 27 heavy (non-hydrogen) atoms. The molecule has 0 spiro atoms. The van der Waals surface area contributed by atoms with Crippen LogP contribution in [-0.4, -0.2) is 22.2 Å². The zero-order valence-electron chi connectivity index (χ0n) is 15.1. The van der Waals surface area contributed by atoms with Gasteiger partial charge in [0.15, 0.2) is 0 Å². The fourth-order valence-electron chi connectivity index (χ4n) is 3.81. The Morgan fingerprint density at radius 3 is 1.41 bits per heavy atom. The van der Waals surface area contributed by atoms with Gasteiger partial charge < -0.3 is 0 Å². The number of hydrogen-bond donors (Lipinski definition) is 1. The van der Waals surface area contributed by atoms with Crippen molar-refractivity contribution in [3.63, 3.8) is 0 Å². The van der Waals surface area contributed by atoms with Gasteiger partial charge in [-0.3, -0.25) is 0 Å². The van der Waals surface area contributed by atoms with Gasteiger partial charge in [-0.05, 0) is 0 Å². The topological polar surface area (TPSA) is 20.2 Å². The van der Waals surface area contributed by atoms with Crippen molar-refractivity contribution in [2.24, 2.45) is 0 Å². The summed E-state index contributed by atoms with van der Waals surface area (Å²) in [6, 6.07) is 31.6. The molecule has 0 aliphatic heterocycles. The minimum absolute atomic E-state index is 0.206. The first kappa shape index (κ1) is 20.4. The first-order valence-electron chi connectivity index (χ1n) is 9.24. The summed E-state index contributed by atoms with van der Waals surface area (Å²) in [5.74, 6) is 0.432. The normalized spacial score (nSPS) is 14.5. The Bertz CT molecular complexity index is 715. The summed E-state index contributed by atoms with van der Waals surface area (Å²) in [6.45, 7) is 0. The number of hydrogen-bond acceptors (Lipinski definition) is 1. The SMILES string of the molecule is OC(CCCl)CC(Cl)[PH](c1ccccc1)(c1ccccc1)c1ccccc1. The van der Waals surface area contributed by atoms with Crippen LogP contribution in [0.25, 0.3) is 0 Å². The van der Waals surface area contributed by atoms with Crippen molar-refractivity contribution in [3.05, 3.63) is 91.0 Å². The van der Waals surface area contributed by atoms with Crippen LogP contribution in [0, 0.1) is 0 Å². The van der Waals surface area contributed by atoms with Crippen molar-refractivity contribution in [1.29, 1.82) is 0 Å². The van der Waals surface area contributed by atoms with Gasteiger partial charge in [-0.25, -0.2) is 0 Å². The maximum atomic E-state index is 10.5. The van der Waals surface area contributed by atoms with Crippen LogP contribution in [0.3, 0.4) is 0 Å². The number of alkyl halides is 2. The Labute approximate surface area is 172 Å². The molecule has 0 saturated heterocycles. The Balaban J connectivity index is 2.23. The van der Waals surface area contributed by atoms with Gasteiger partial charge in [0.25, 0.3) is 0 Å². The molecule has 0 aliphatic rings. The summed E-state index contributed by atoms with van der Waals surface area (Å²) in [5.41, 5.74) is 0. The van der Waals surface area contributed by atoms with E-state index in [0.717, 1.165) is 0 Å². The summed E-state index contributed by atoms with van der Waals surface area (Å²) in [6.07, 6.45) is 0.556. The molecule has 0 amide bonds. The van der Waals surface area contributed by atoms with Gasteiger partial charge in [0, 0.05) is 0 Å². The molecule has 0 aromatic heterocycles. The number of rotatable bonds is 8. The molecule has 0 saturated carbocycles. The van der Waals surface area contributed by atoms with Gasteiger partial charge in [-0.2, -0.15) is 0 Å². The molecule has 3 aromatic carbocycles. The van der Waals surface area contributed by atoms with Gasteiger partial charge >= 0.3 is 172 Å². The number of halogens is 2. The predicted octanol–water partition coefficient (Wildman–Crippen LogP) is 4.66. The fraction of sp³-hybridized carbons (Fsp3) is 0.217. The Kier molecular flexibility index (Phi) is 7.33. The molecule has 0 heterocycles. The zero-order valence-corrected chi connectivity index (χ0v) is 17.7. The second-order valence-electron chi connectivity index (χ2n) is 6.74. The average Bonchev–Trinajstić information content (AvgIpc) is 2.71. The van der Waals surface area contributed by atoms with Crippen molar-refractivity contribution >= 4 is 46.4 Å². The van der Waals surface area contributed by atoms with Crippen LogP contribution in [0.1, 0.15) is 12.8 Å². The quantitative estimate of drug-likeness (QED) is 0.416. The number of aliphatic hydroxyl groups excluding tert-OH is 1. The molecule has 1 N–H and O–H groups in total. The molecular formula is C23H25Cl2OP. The van der Waals surface area contributed by atoms with E-state index in [9.17, 15) is 5.11 Å². The molecule has 142 valence electrons. The van der Waals surface area contributed by atoms with Crippen LogP contribution in [0.2, 0.25) is 0 Å². The monoisotopic (exact) mass is 418 g/mol. The van der Waals surface area contributed by atoms with E-state index in [1.807, 2.05) is 18.2 Å². The third-order valence-corrected chi connectivity index (χ3v) is 11.4. The van der Waals surface area contributed by atoms with Gasteiger partial charge in [0.1, 0.15) is 0 Å². The van der Waals surface area contributed by atoms with Gasteiger partial charge in [0.2, 0.25) is 0 Å². The third-order valence-electron chi connectivity index (χ3n) is 5.08. The van der Waals surface area contributed by atoms with E-state index in [4.69, 9.17) is 23.2 Å². The maximum absolute atomic E-state index is 10.5. The van der Waals surface area contributed by atoms with Crippen molar-refractivity contribution in [1.82, 2.24) is 0 Å². The molecule has 0 fully saturated rings. The van der Waals surface area contributed by atoms with Crippen LogP contribution in [0.4, 0.5) is 0 Å². The second-order valence-corrected chi connectivity index (χ2v) is 12.1. The van der Waals surface area contributed by atoms with Crippen LogP contribution in [-0.2, 0) is 0 Å². The minimum atomic E-state index is -2.56. The standard InChI is InChI=1S/C23H25Cl2OP/c24-17-16-19(26)18-23(25)27(20-10-4-1-5-11-20,21-12-6-2-7-13-21)22-14-8-3-9-15-22/h1-15,19,23,26-27H,16-18H2. The summed E-state index contributed by atoms with van der Waals surface area (Å²) in [7, 11) is -2.56. The summed E-state index contributed by atoms with van der Waals surface area (Å²) in [4.78, 5) is 0.